The second-order valence-corrected chi connectivity index (χ2v) is 5.80. The highest BCUT2D eigenvalue weighted by atomic mass is 32.2. The zero-order valence-corrected chi connectivity index (χ0v) is 10.5. The van der Waals surface area contributed by atoms with Gasteiger partial charge < -0.3 is 10.9 Å². The number of nitrogens with two attached hydrogens (primary N) is 1. The summed E-state index contributed by atoms with van der Waals surface area (Å²) >= 11 is 0. The van der Waals surface area contributed by atoms with Crippen LogP contribution in [0.5, 0.6) is 0 Å². The molecule has 102 valence electrons. The first kappa shape index (κ1) is 16.0. The first-order valence-electron chi connectivity index (χ1n) is 4.95. The molecule has 0 aliphatic rings. The Kier molecular flexibility index (Phi) is 6.32. The van der Waals surface area contributed by atoms with Gasteiger partial charge in [0.25, 0.3) is 10.0 Å². The van der Waals surface area contributed by atoms with Crippen molar-refractivity contribution in [3.05, 3.63) is 0 Å². The highest BCUT2D eigenvalue weighted by Crippen LogP contribution is 2.14. The predicted molar refractivity (Wildman–Crippen MR) is 59.4 cm³/mol. The summed E-state index contributed by atoms with van der Waals surface area (Å²) in [6, 6.07) is 0. The second kappa shape index (κ2) is 6.70. The van der Waals surface area contributed by atoms with Crippen molar-refractivity contribution in [2.24, 2.45) is 16.8 Å². The molecule has 3 N–H and O–H groups in total. The van der Waals surface area contributed by atoms with E-state index in [1.54, 1.807) is 13.8 Å². The number of alkyl halides is 2. The van der Waals surface area contributed by atoms with Crippen LogP contribution in [-0.4, -0.2) is 42.6 Å². The van der Waals surface area contributed by atoms with Crippen LogP contribution in [0.3, 0.4) is 0 Å². The minimum absolute atomic E-state index is 0.0363. The summed E-state index contributed by atoms with van der Waals surface area (Å²) < 4.78 is 48.0. The fourth-order valence-electron chi connectivity index (χ4n) is 1.13. The Hall–Kier alpha value is -0.960. The molecule has 0 spiro atoms. The van der Waals surface area contributed by atoms with E-state index < -0.39 is 15.8 Å². The van der Waals surface area contributed by atoms with E-state index in [9.17, 15) is 17.2 Å². The van der Waals surface area contributed by atoms with Gasteiger partial charge in [0.05, 0.1) is 0 Å². The number of hydrogen-bond acceptors (Lipinski definition) is 4. The van der Waals surface area contributed by atoms with Crippen molar-refractivity contribution >= 4 is 15.9 Å². The summed E-state index contributed by atoms with van der Waals surface area (Å²) in [5.74, 6) is -3.77. The first-order chi connectivity index (χ1) is 7.71. The lowest BCUT2D eigenvalue weighted by Crippen LogP contribution is -2.39. The van der Waals surface area contributed by atoms with Crippen LogP contribution in [0.15, 0.2) is 5.16 Å². The van der Waals surface area contributed by atoms with Crippen molar-refractivity contribution in [3.63, 3.8) is 0 Å². The maximum absolute atomic E-state index is 12.4. The van der Waals surface area contributed by atoms with E-state index >= 15 is 0 Å². The minimum atomic E-state index is -4.63. The Morgan fingerprint density at radius 3 is 2.35 bits per heavy atom. The van der Waals surface area contributed by atoms with Gasteiger partial charge in [-0.15, -0.1) is 0 Å². The number of amidine groups is 1. The van der Waals surface area contributed by atoms with E-state index in [4.69, 9.17) is 10.9 Å². The number of rotatable bonds is 7. The molecule has 0 radical (unpaired) electrons. The summed E-state index contributed by atoms with van der Waals surface area (Å²) in [7, 11) is -4.63. The molecule has 0 aliphatic carbocycles. The molecule has 0 atom stereocenters. The Morgan fingerprint density at radius 1 is 1.47 bits per heavy atom. The molecule has 17 heavy (non-hydrogen) atoms. The van der Waals surface area contributed by atoms with E-state index in [1.807, 2.05) is 0 Å². The lowest BCUT2D eigenvalue weighted by Gasteiger charge is -2.23. The fraction of sp³-hybridized carbons (Fsp3) is 0.875. The van der Waals surface area contributed by atoms with E-state index in [1.165, 1.54) is 0 Å². The molecular formula is C8H17F2N3O3S. The quantitative estimate of drug-likeness (QED) is 0.308. The topological polar surface area (TPSA) is 96.0 Å². The molecule has 0 aliphatic heterocycles. The fourth-order valence-corrected chi connectivity index (χ4v) is 2.21. The van der Waals surface area contributed by atoms with Crippen LogP contribution in [0.25, 0.3) is 0 Å². The highest BCUT2D eigenvalue weighted by Gasteiger charge is 2.32. The van der Waals surface area contributed by atoms with E-state index in [-0.39, 0.29) is 31.3 Å². The first-order valence-corrected chi connectivity index (χ1v) is 6.45. The van der Waals surface area contributed by atoms with Gasteiger partial charge in [-0.25, -0.2) is 8.42 Å². The molecule has 0 saturated carbocycles. The van der Waals surface area contributed by atoms with E-state index in [0.29, 0.717) is 4.31 Å². The van der Waals surface area contributed by atoms with Crippen molar-refractivity contribution < 1.29 is 22.4 Å². The summed E-state index contributed by atoms with van der Waals surface area (Å²) in [4.78, 5) is 0. The van der Waals surface area contributed by atoms with Crippen LogP contribution in [0.1, 0.15) is 20.3 Å². The number of nitrogens with zero attached hydrogens (tertiary/aromatic N) is 2. The predicted octanol–water partition coefficient (Wildman–Crippen LogP) is 0.633. The molecule has 0 heterocycles. The maximum atomic E-state index is 12.4. The number of oxime groups is 1. The molecule has 0 rings (SSSR count). The van der Waals surface area contributed by atoms with Crippen molar-refractivity contribution in [1.29, 1.82) is 0 Å². The molecule has 0 aromatic carbocycles. The van der Waals surface area contributed by atoms with Crippen molar-refractivity contribution in [2.45, 2.75) is 26.0 Å². The minimum Gasteiger partial charge on any atom is -0.409 e. The van der Waals surface area contributed by atoms with Crippen LogP contribution < -0.4 is 5.73 Å². The van der Waals surface area contributed by atoms with Gasteiger partial charge in [0, 0.05) is 19.5 Å². The summed E-state index contributed by atoms with van der Waals surface area (Å²) in [5, 5.41) is 10.9. The smallest absolute Gasteiger partial charge is 0.350 e. The van der Waals surface area contributed by atoms with E-state index in [2.05, 4.69) is 5.16 Å². The van der Waals surface area contributed by atoms with Gasteiger partial charge in [-0.3, -0.25) is 0 Å². The Bertz CT molecular complexity index is 357. The Labute approximate surface area is 99.1 Å². The monoisotopic (exact) mass is 273 g/mol. The zero-order chi connectivity index (χ0) is 13.6. The van der Waals surface area contributed by atoms with Crippen molar-refractivity contribution in [3.8, 4) is 0 Å². The summed E-state index contributed by atoms with van der Waals surface area (Å²) in [6.07, 6.45) is -0.102. The Morgan fingerprint density at radius 2 is 2.00 bits per heavy atom. The number of sulfonamides is 1. The van der Waals surface area contributed by atoms with Gasteiger partial charge >= 0.3 is 5.76 Å². The molecule has 0 saturated heterocycles. The van der Waals surface area contributed by atoms with Gasteiger partial charge in [-0.1, -0.05) is 19.0 Å². The average molecular weight is 273 g/mol. The SMILES string of the molecule is CC(C)CN(CCC(N)=NO)S(=O)(=O)C(F)F. The molecular weight excluding hydrogens is 256 g/mol. The standard InChI is InChI=1S/C8H17F2N3O3S/c1-6(2)5-13(4-3-7(11)12-14)17(15,16)8(9)10/h6,8,14H,3-5H2,1-2H3,(H2,11,12). The van der Waals surface area contributed by atoms with Gasteiger partial charge in [0.2, 0.25) is 0 Å². The van der Waals surface area contributed by atoms with Crippen LogP contribution in [-0.2, 0) is 10.0 Å². The summed E-state index contributed by atoms with van der Waals surface area (Å²) in [6.45, 7) is 3.14. The number of hydrogen-bond donors (Lipinski definition) is 2. The third-order valence-corrected chi connectivity index (χ3v) is 3.40. The molecule has 0 amide bonds. The second-order valence-electron chi connectivity index (χ2n) is 3.90. The molecule has 0 bridgehead atoms. The normalized spacial score (nSPS) is 13.9. The van der Waals surface area contributed by atoms with Crippen LogP contribution in [0.4, 0.5) is 8.78 Å². The van der Waals surface area contributed by atoms with Gasteiger partial charge in [-0.2, -0.15) is 13.1 Å². The molecule has 6 nitrogen and oxygen atoms in total. The third kappa shape index (κ3) is 5.26. The van der Waals surface area contributed by atoms with Gasteiger partial charge in [0.1, 0.15) is 5.84 Å². The van der Waals surface area contributed by atoms with Crippen molar-refractivity contribution in [1.82, 2.24) is 4.31 Å². The Balaban J connectivity index is 4.78. The lowest BCUT2D eigenvalue weighted by molar-refractivity contribution is 0.216. The van der Waals surface area contributed by atoms with Crippen LogP contribution in [0, 0.1) is 5.92 Å². The van der Waals surface area contributed by atoms with Gasteiger partial charge in [0.15, 0.2) is 0 Å². The zero-order valence-electron chi connectivity index (χ0n) is 9.68. The number of halogens is 2. The largest absolute Gasteiger partial charge is 0.409 e. The molecule has 0 fully saturated rings. The molecule has 9 heteroatoms. The third-order valence-electron chi connectivity index (χ3n) is 1.90. The summed E-state index contributed by atoms with van der Waals surface area (Å²) in [5.41, 5.74) is 5.16. The van der Waals surface area contributed by atoms with Crippen LogP contribution >= 0.6 is 0 Å². The highest BCUT2D eigenvalue weighted by molar-refractivity contribution is 7.89. The average Bonchev–Trinajstić information content (AvgIpc) is 2.22. The van der Waals surface area contributed by atoms with Gasteiger partial charge in [-0.05, 0) is 5.92 Å². The maximum Gasteiger partial charge on any atom is 0.350 e. The molecule has 0 aromatic rings. The molecule has 0 unspecified atom stereocenters. The van der Waals surface area contributed by atoms with Crippen molar-refractivity contribution in [2.75, 3.05) is 13.1 Å². The van der Waals surface area contributed by atoms with E-state index in [0.717, 1.165) is 0 Å². The molecule has 0 aromatic heterocycles. The van der Waals surface area contributed by atoms with Crippen LogP contribution in [0.2, 0.25) is 0 Å². The lowest BCUT2D eigenvalue weighted by atomic mass is 10.2.